The van der Waals surface area contributed by atoms with Crippen molar-refractivity contribution >= 4 is 23.2 Å². The van der Waals surface area contributed by atoms with Crippen molar-refractivity contribution in [3.05, 3.63) is 33.3 Å². The zero-order chi connectivity index (χ0) is 7.72. The maximum Gasteiger partial charge on any atom is 0.0676 e. The molecule has 0 aromatic heterocycles. The fraction of sp³-hybridized carbons (Fsp3) is 0.250. The van der Waals surface area contributed by atoms with E-state index in [1.165, 1.54) is 0 Å². The molecule has 0 saturated carbocycles. The third-order valence-corrected chi connectivity index (χ3v) is 2.15. The highest BCUT2D eigenvalue weighted by Gasteiger charge is 2.00. The molecule has 0 N–H and O–H groups in total. The lowest BCUT2D eigenvalue weighted by Gasteiger charge is -2.00. The van der Waals surface area contributed by atoms with Crippen LogP contribution in [0.2, 0.25) is 10.0 Å². The molecule has 0 aliphatic rings. The normalized spacial score (nSPS) is 10.0. The monoisotopic (exact) mass is 173 g/mol. The first-order valence-electron chi connectivity index (χ1n) is 2.96. The minimum Gasteiger partial charge on any atom is -0.0824 e. The molecule has 1 aromatic carbocycles. The first kappa shape index (κ1) is 7.90. The Hall–Kier alpha value is -0.200. The molecule has 0 bridgehead atoms. The number of rotatable bonds is 0. The molecular formula is C8H7Cl2. The molecule has 0 aliphatic carbocycles. The highest BCUT2D eigenvalue weighted by Crippen LogP contribution is 2.25. The quantitative estimate of drug-likeness (QED) is 0.565. The molecule has 0 fully saturated rings. The number of benzene rings is 1. The van der Waals surface area contributed by atoms with Crippen LogP contribution in [0.15, 0.2) is 6.07 Å². The molecule has 0 nitrogen and oxygen atoms in total. The van der Waals surface area contributed by atoms with Crippen LogP contribution in [-0.4, -0.2) is 0 Å². The largest absolute Gasteiger partial charge is 0.0824 e. The fourth-order valence-electron chi connectivity index (χ4n) is 0.825. The van der Waals surface area contributed by atoms with E-state index in [0.717, 1.165) is 11.1 Å². The number of hydrogen-bond acceptors (Lipinski definition) is 0. The van der Waals surface area contributed by atoms with E-state index in [4.69, 9.17) is 23.2 Å². The van der Waals surface area contributed by atoms with Crippen LogP contribution in [0.25, 0.3) is 0 Å². The molecule has 53 valence electrons. The van der Waals surface area contributed by atoms with Gasteiger partial charge in [0.25, 0.3) is 0 Å². The summed E-state index contributed by atoms with van der Waals surface area (Å²) in [7, 11) is 0. The molecule has 0 spiro atoms. The Kier molecular flexibility index (Phi) is 2.22. The van der Waals surface area contributed by atoms with E-state index < -0.39 is 0 Å². The van der Waals surface area contributed by atoms with Crippen molar-refractivity contribution in [3.63, 3.8) is 0 Å². The molecule has 0 heterocycles. The Morgan fingerprint density at radius 3 is 2.40 bits per heavy atom. The van der Waals surface area contributed by atoms with Crippen LogP contribution >= 0.6 is 23.2 Å². The van der Waals surface area contributed by atoms with Crippen LogP contribution in [-0.2, 0) is 0 Å². The van der Waals surface area contributed by atoms with E-state index in [1.54, 1.807) is 0 Å². The first-order valence-corrected chi connectivity index (χ1v) is 3.71. The van der Waals surface area contributed by atoms with Gasteiger partial charge in [-0.1, -0.05) is 29.3 Å². The summed E-state index contributed by atoms with van der Waals surface area (Å²) in [6.45, 7) is 3.87. The average Bonchev–Trinajstić information content (AvgIpc) is 1.82. The smallest absolute Gasteiger partial charge is 0.0676 e. The minimum atomic E-state index is 0.513. The maximum absolute atomic E-state index is 5.79. The summed E-state index contributed by atoms with van der Waals surface area (Å²) >= 11 is 11.5. The van der Waals surface area contributed by atoms with Gasteiger partial charge in [0, 0.05) is 6.07 Å². The van der Waals surface area contributed by atoms with Crippen molar-refractivity contribution in [2.24, 2.45) is 0 Å². The topological polar surface area (TPSA) is 0 Å². The van der Waals surface area contributed by atoms with Crippen molar-refractivity contribution in [1.82, 2.24) is 0 Å². The fourth-order valence-corrected chi connectivity index (χ4v) is 1.23. The Labute approximate surface area is 70.8 Å². The summed E-state index contributed by atoms with van der Waals surface area (Å²) in [5, 5.41) is 1.12. The van der Waals surface area contributed by atoms with E-state index in [2.05, 4.69) is 6.07 Å². The van der Waals surface area contributed by atoms with Gasteiger partial charge in [-0.2, -0.15) is 0 Å². The summed E-state index contributed by atoms with van der Waals surface area (Å²) in [5.41, 5.74) is 2.02. The lowest BCUT2D eigenvalue weighted by molar-refractivity contribution is 1.38. The van der Waals surface area contributed by atoms with E-state index in [-0.39, 0.29) is 0 Å². The summed E-state index contributed by atoms with van der Waals surface area (Å²) in [6.07, 6.45) is 0. The molecule has 1 radical (unpaired) electrons. The van der Waals surface area contributed by atoms with Gasteiger partial charge < -0.3 is 0 Å². The van der Waals surface area contributed by atoms with Gasteiger partial charge in [0.05, 0.1) is 10.0 Å². The Morgan fingerprint density at radius 1 is 1.30 bits per heavy atom. The van der Waals surface area contributed by atoms with Gasteiger partial charge in [0.2, 0.25) is 0 Å². The average molecular weight is 174 g/mol. The summed E-state index contributed by atoms with van der Waals surface area (Å²) < 4.78 is 0. The predicted octanol–water partition coefficient (Wildman–Crippen LogP) is 3.41. The molecule has 1 rings (SSSR count). The standard InChI is InChI=1S/C8H7Cl2/c1-5-3-6(2)8(10)7(9)4-5/h3H,1-2H3. The van der Waals surface area contributed by atoms with Crippen LogP contribution in [0.4, 0.5) is 0 Å². The van der Waals surface area contributed by atoms with Crippen LogP contribution in [0.1, 0.15) is 11.1 Å². The highest BCUT2D eigenvalue weighted by molar-refractivity contribution is 6.42. The maximum atomic E-state index is 5.79. The van der Waals surface area contributed by atoms with Gasteiger partial charge in [-0.25, -0.2) is 0 Å². The molecule has 0 saturated heterocycles. The van der Waals surface area contributed by atoms with Crippen molar-refractivity contribution < 1.29 is 0 Å². The van der Waals surface area contributed by atoms with Gasteiger partial charge in [0.15, 0.2) is 0 Å². The Balaban J connectivity index is 3.31. The van der Waals surface area contributed by atoms with Crippen molar-refractivity contribution in [3.8, 4) is 0 Å². The third kappa shape index (κ3) is 1.44. The molecule has 0 aliphatic heterocycles. The minimum absolute atomic E-state index is 0.513. The van der Waals surface area contributed by atoms with Gasteiger partial charge in [-0.3, -0.25) is 0 Å². The SMILES string of the molecule is Cc1[c]c(Cl)c(Cl)c(C)c1. The van der Waals surface area contributed by atoms with Gasteiger partial charge in [-0.05, 0) is 25.0 Å². The van der Waals surface area contributed by atoms with Crippen molar-refractivity contribution in [2.75, 3.05) is 0 Å². The van der Waals surface area contributed by atoms with E-state index in [0.29, 0.717) is 10.0 Å². The van der Waals surface area contributed by atoms with Gasteiger partial charge in [0.1, 0.15) is 0 Å². The number of aryl methyl sites for hydroxylation is 2. The van der Waals surface area contributed by atoms with Gasteiger partial charge >= 0.3 is 0 Å². The second-order valence-corrected chi connectivity index (χ2v) is 3.02. The molecule has 2 heteroatoms. The molecular weight excluding hydrogens is 167 g/mol. The lowest BCUT2D eigenvalue weighted by atomic mass is 10.2. The number of halogens is 2. The third-order valence-electron chi connectivity index (χ3n) is 1.28. The Morgan fingerprint density at radius 2 is 1.90 bits per heavy atom. The second-order valence-electron chi connectivity index (χ2n) is 2.26. The molecule has 10 heavy (non-hydrogen) atoms. The zero-order valence-corrected chi connectivity index (χ0v) is 7.35. The van der Waals surface area contributed by atoms with Crippen LogP contribution < -0.4 is 0 Å². The lowest BCUT2D eigenvalue weighted by Crippen LogP contribution is -1.79. The van der Waals surface area contributed by atoms with Gasteiger partial charge in [-0.15, -0.1) is 0 Å². The highest BCUT2D eigenvalue weighted by atomic mass is 35.5. The van der Waals surface area contributed by atoms with Crippen molar-refractivity contribution in [1.29, 1.82) is 0 Å². The molecule has 0 amide bonds. The Bertz CT molecular complexity index is 230. The summed E-state index contributed by atoms with van der Waals surface area (Å²) in [5.74, 6) is 0. The molecule has 0 atom stereocenters. The van der Waals surface area contributed by atoms with E-state index in [9.17, 15) is 0 Å². The van der Waals surface area contributed by atoms with Crippen LogP contribution in [0.3, 0.4) is 0 Å². The number of hydrogen-bond donors (Lipinski definition) is 0. The first-order chi connectivity index (χ1) is 4.61. The van der Waals surface area contributed by atoms with Crippen LogP contribution in [0, 0.1) is 19.9 Å². The zero-order valence-electron chi connectivity index (χ0n) is 5.83. The van der Waals surface area contributed by atoms with Crippen molar-refractivity contribution in [2.45, 2.75) is 13.8 Å². The van der Waals surface area contributed by atoms with E-state index >= 15 is 0 Å². The predicted molar refractivity (Wildman–Crippen MR) is 44.8 cm³/mol. The molecule has 0 unspecified atom stereocenters. The summed E-state index contributed by atoms with van der Waals surface area (Å²) in [4.78, 5) is 0. The van der Waals surface area contributed by atoms with Crippen LogP contribution in [0.5, 0.6) is 0 Å². The molecule has 1 aromatic rings. The second kappa shape index (κ2) is 2.81. The van der Waals surface area contributed by atoms with E-state index in [1.807, 2.05) is 19.9 Å². The summed E-state index contributed by atoms with van der Waals surface area (Å²) in [6, 6.07) is 4.87.